The van der Waals surface area contributed by atoms with E-state index in [0.29, 0.717) is 28.8 Å². The number of aromatic amines is 1. The zero-order valence-corrected chi connectivity index (χ0v) is 20.1. The van der Waals surface area contributed by atoms with Gasteiger partial charge in [0.05, 0.1) is 16.7 Å². The van der Waals surface area contributed by atoms with E-state index >= 15 is 0 Å². The van der Waals surface area contributed by atoms with Gasteiger partial charge in [-0.2, -0.15) is 5.10 Å². The number of carbonyl (C=O) groups is 2. The highest BCUT2D eigenvalue weighted by Crippen LogP contribution is 2.38. The summed E-state index contributed by atoms with van der Waals surface area (Å²) in [6, 6.07) is 10.6. The summed E-state index contributed by atoms with van der Waals surface area (Å²) < 4.78 is 2.04. The van der Waals surface area contributed by atoms with Gasteiger partial charge in [-0.15, -0.1) is 11.3 Å². The third kappa shape index (κ3) is 3.40. The van der Waals surface area contributed by atoms with Gasteiger partial charge in [-0.3, -0.25) is 19.6 Å². The SMILES string of the molecule is CN(C)[C@H]1CC[C@@H](Cn2nc(C3=C(c4c[nH]c5sccc45)C(=O)NC3=O)c3ccccc32)CC1. The predicted molar refractivity (Wildman–Crippen MR) is 135 cm³/mol. The number of hydrogen-bond acceptors (Lipinski definition) is 5. The Hall–Kier alpha value is -3.23. The molecule has 34 heavy (non-hydrogen) atoms. The Kier molecular flexibility index (Phi) is 5.15. The molecule has 0 spiro atoms. The second-order valence-corrected chi connectivity index (χ2v) is 10.5. The van der Waals surface area contributed by atoms with Gasteiger partial charge in [0, 0.05) is 35.1 Å². The summed E-state index contributed by atoms with van der Waals surface area (Å²) in [4.78, 5) is 32.5. The van der Waals surface area contributed by atoms with Crippen LogP contribution in [0.2, 0.25) is 0 Å². The molecule has 4 heterocycles. The lowest BCUT2D eigenvalue weighted by Gasteiger charge is -2.32. The van der Waals surface area contributed by atoms with E-state index in [4.69, 9.17) is 5.10 Å². The van der Waals surface area contributed by atoms with Gasteiger partial charge in [0.25, 0.3) is 11.8 Å². The van der Waals surface area contributed by atoms with Gasteiger partial charge in [0.1, 0.15) is 10.5 Å². The summed E-state index contributed by atoms with van der Waals surface area (Å²) in [6.45, 7) is 0.817. The fourth-order valence-electron chi connectivity index (χ4n) is 5.53. The fraction of sp³-hybridized carbons (Fsp3) is 0.346. The molecule has 0 atom stereocenters. The molecule has 1 aliphatic heterocycles. The maximum absolute atomic E-state index is 13.1. The quantitative estimate of drug-likeness (QED) is 0.424. The van der Waals surface area contributed by atoms with Crippen LogP contribution in [-0.4, -0.2) is 51.6 Å². The van der Waals surface area contributed by atoms with E-state index in [1.807, 2.05) is 40.5 Å². The highest BCUT2D eigenvalue weighted by atomic mass is 32.1. The Balaban J connectivity index is 1.44. The third-order valence-electron chi connectivity index (χ3n) is 7.38. The molecule has 0 saturated heterocycles. The molecule has 0 radical (unpaired) electrons. The zero-order chi connectivity index (χ0) is 23.4. The van der Waals surface area contributed by atoms with Crippen molar-refractivity contribution in [1.29, 1.82) is 0 Å². The topological polar surface area (TPSA) is 83.0 Å². The lowest BCUT2D eigenvalue weighted by atomic mass is 9.85. The first-order chi connectivity index (χ1) is 16.5. The number of amides is 2. The molecule has 7 nitrogen and oxygen atoms in total. The van der Waals surface area contributed by atoms with Crippen LogP contribution in [0.3, 0.4) is 0 Å². The molecule has 8 heteroatoms. The van der Waals surface area contributed by atoms with Crippen LogP contribution in [0.5, 0.6) is 0 Å². The molecular weight excluding hydrogens is 446 g/mol. The van der Waals surface area contributed by atoms with E-state index in [2.05, 4.69) is 35.4 Å². The molecule has 3 aromatic heterocycles. The Morgan fingerprint density at radius 1 is 1.03 bits per heavy atom. The first kappa shape index (κ1) is 21.3. The lowest BCUT2D eigenvalue weighted by molar-refractivity contribution is -0.122. The number of aromatic nitrogens is 3. The molecule has 1 saturated carbocycles. The summed E-state index contributed by atoms with van der Waals surface area (Å²) in [7, 11) is 4.32. The molecule has 2 aliphatic rings. The molecule has 2 amide bonds. The van der Waals surface area contributed by atoms with Crippen LogP contribution in [0.25, 0.3) is 32.3 Å². The summed E-state index contributed by atoms with van der Waals surface area (Å²) in [5.74, 6) is -0.200. The normalized spacial score (nSPS) is 21.4. The second-order valence-electron chi connectivity index (χ2n) is 9.59. The molecule has 2 N–H and O–H groups in total. The maximum Gasteiger partial charge on any atom is 0.261 e. The summed E-state index contributed by atoms with van der Waals surface area (Å²) >= 11 is 1.58. The van der Waals surface area contributed by atoms with E-state index in [1.165, 1.54) is 25.7 Å². The number of carbonyl (C=O) groups excluding carboxylic acids is 2. The van der Waals surface area contributed by atoms with Gasteiger partial charge < -0.3 is 9.88 Å². The third-order valence-corrected chi connectivity index (χ3v) is 8.22. The minimum atomic E-state index is -0.383. The number of rotatable bonds is 5. The molecule has 1 fully saturated rings. The fourth-order valence-corrected chi connectivity index (χ4v) is 6.31. The van der Waals surface area contributed by atoms with Crippen LogP contribution in [0.15, 0.2) is 41.9 Å². The summed E-state index contributed by atoms with van der Waals surface area (Å²) in [5, 5.41) is 11.3. The molecule has 4 aromatic rings. The minimum Gasteiger partial charge on any atom is -0.352 e. The molecule has 174 valence electrons. The van der Waals surface area contributed by atoms with Crippen molar-refractivity contribution in [3.05, 3.63) is 53.2 Å². The Labute approximate surface area is 201 Å². The van der Waals surface area contributed by atoms with E-state index in [0.717, 1.165) is 33.2 Å². The summed E-state index contributed by atoms with van der Waals surface area (Å²) in [5.41, 5.74) is 3.09. The van der Waals surface area contributed by atoms with Gasteiger partial charge in [-0.25, -0.2) is 0 Å². The number of para-hydroxylation sites is 1. The average molecular weight is 474 g/mol. The number of nitrogens with one attached hydrogen (secondary N) is 2. The standard InChI is InChI=1S/C26H27N5O2S/c1-30(2)16-9-7-15(8-10-16)14-31-20-6-4-3-5-18(20)23(29-31)22-21(24(32)28-25(22)33)19-13-27-26-17(19)11-12-34-26/h3-6,11-13,15-16,27H,7-10,14H2,1-2H3,(H,28,32,33)/t15-,16+. The second kappa shape index (κ2) is 8.21. The van der Waals surface area contributed by atoms with Gasteiger partial charge in [0.2, 0.25) is 0 Å². The zero-order valence-electron chi connectivity index (χ0n) is 19.3. The highest BCUT2D eigenvalue weighted by molar-refractivity contribution is 7.16. The van der Waals surface area contributed by atoms with Crippen LogP contribution in [-0.2, 0) is 16.1 Å². The molecule has 0 unspecified atom stereocenters. The minimum absolute atomic E-state index is 0.364. The van der Waals surface area contributed by atoms with Crippen LogP contribution in [0.1, 0.15) is 36.9 Å². The predicted octanol–water partition coefficient (Wildman–Crippen LogP) is 4.27. The van der Waals surface area contributed by atoms with Gasteiger partial charge >= 0.3 is 0 Å². The number of fused-ring (bicyclic) bond motifs is 2. The molecule has 1 aliphatic carbocycles. The van der Waals surface area contributed by atoms with Crippen molar-refractivity contribution < 1.29 is 9.59 Å². The van der Waals surface area contributed by atoms with Crippen molar-refractivity contribution in [3.8, 4) is 0 Å². The number of benzene rings is 1. The van der Waals surface area contributed by atoms with Gasteiger partial charge in [0.15, 0.2) is 0 Å². The Morgan fingerprint density at radius 3 is 2.59 bits per heavy atom. The highest BCUT2D eigenvalue weighted by Gasteiger charge is 2.36. The van der Waals surface area contributed by atoms with E-state index in [9.17, 15) is 9.59 Å². The lowest BCUT2D eigenvalue weighted by Crippen LogP contribution is -2.33. The van der Waals surface area contributed by atoms with Gasteiger partial charge in [-0.05, 0) is 63.2 Å². The molecular formula is C26H27N5O2S. The average Bonchev–Trinajstić information content (AvgIpc) is 3.58. The van der Waals surface area contributed by atoms with Crippen LogP contribution < -0.4 is 5.32 Å². The maximum atomic E-state index is 13.1. The van der Waals surface area contributed by atoms with Crippen molar-refractivity contribution >= 4 is 55.4 Å². The Bertz CT molecular complexity index is 1450. The van der Waals surface area contributed by atoms with E-state index < -0.39 is 0 Å². The first-order valence-electron chi connectivity index (χ1n) is 11.8. The largest absolute Gasteiger partial charge is 0.352 e. The monoisotopic (exact) mass is 473 g/mol. The Morgan fingerprint density at radius 2 is 1.79 bits per heavy atom. The summed E-state index contributed by atoms with van der Waals surface area (Å²) in [6.07, 6.45) is 6.54. The van der Waals surface area contributed by atoms with E-state index in [-0.39, 0.29) is 11.8 Å². The van der Waals surface area contributed by atoms with Crippen molar-refractivity contribution in [2.45, 2.75) is 38.3 Å². The van der Waals surface area contributed by atoms with E-state index in [1.54, 1.807) is 11.3 Å². The van der Waals surface area contributed by atoms with Crippen LogP contribution >= 0.6 is 11.3 Å². The first-order valence-corrected chi connectivity index (χ1v) is 12.7. The van der Waals surface area contributed by atoms with Crippen LogP contribution in [0, 0.1) is 5.92 Å². The molecule has 6 rings (SSSR count). The molecule has 0 bridgehead atoms. The number of imide groups is 1. The van der Waals surface area contributed by atoms with Crippen molar-refractivity contribution in [2.24, 2.45) is 5.92 Å². The number of thiophene rings is 1. The van der Waals surface area contributed by atoms with Crippen molar-refractivity contribution in [3.63, 3.8) is 0 Å². The number of hydrogen-bond donors (Lipinski definition) is 2. The van der Waals surface area contributed by atoms with Crippen LogP contribution in [0.4, 0.5) is 0 Å². The van der Waals surface area contributed by atoms with Crippen molar-refractivity contribution in [2.75, 3.05) is 14.1 Å². The smallest absolute Gasteiger partial charge is 0.261 e. The number of nitrogens with zero attached hydrogens (tertiary/aromatic N) is 3. The number of H-pyrrole nitrogens is 1. The molecule has 1 aromatic carbocycles. The van der Waals surface area contributed by atoms with Crippen molar-refractivity contribution in [1.82, 2.24) is 25.0 Å². The van der Waals surface area contributed by atoms with Gasteiger partial charge in [-0.1, -0.05) is 18.2 Å².